The molecule has 3 aromatic heterocycles. The molecule has 0 radical (unpaired) electrons. The monoisotopic (exact) mass is 478 g/mol. The fourth-order valence-electron chi connectivity index (χ4n) is 3.71. The van der Waals surface area contributed by atoms with Gasteiger partial charge in [-0.05, 0) is 24.3 Å². The molecule has 0 bridgehead atoms. The summed E-state index contributed by atoms with van der Waals surface area (Å²) in [6, 6.07) is 15.3. The predicted octanol–water partition coefficient (Wildman–Crippen LogP) is 4.94. The van der Waals surface area contributed by atoms with Crippen LogP contribution < -0.4 is 10.5 Å². The van der Waals surface area contributed by atoms with Crippen LogP contribution in [0, 0.1) is 0 Å². The van der Waals surface area contributed by atoms with Crippen molar-refractivity contribution in [2.45, 2.75) is 6.18 Å². The van der Waals surface area contributed by atoms with Gasteiger partial charge in [0.05, 0.1) is 22.8 Å². The van der Waals surface area contributed by atoms with Gasteiger partial charge < -0.3 is 20.0 Å². The normalized spacial score (nSPS) is 11.7. The van der Waals surface area contributed by atoms with E-state index < -0.39 is 17.8 Å². The summed E-state index contributed by atoms with van der Waals surface area (Å²) in [6.07, 6.45) is -2.40. The number of carbonyl (C=O) groups excluding carboxylic acids is 1. The lowest BCUT2D eigenvalue weighted by Crippen LogP contribution is -2.13. The van der Waals surface area contributed by atoms with Crippen LogP contribution in [0.1, 0.15) is 16.1 Å². The van der Waals surface area contributed by atoms with Gasteiger partial charge in [0.15, 0.2) is 5.82 Å². The second-order valence-corrected chi connectivity index (χ2v) is 7.68. The van der Waals surface area contributed by atoms with Crippen molar-refractivity contribution in [1.29, 1.82) is 0 Å². The molecule has 5 aromatic rings. The van der Waals surface area contributed by atoms with E-state index in [0.29, 0.717) is 40.2 Å². The number of H-pyrrole nitrogens is 1. The second kappa shape index (κ2) is 8.28. The Balaban J connectivity index is 1.46. The highest BCUT2D eigenvalue weighted by molar-refractivity contribution is 5.99. The molecular formula is C24H17F3N6O2. The van der Waals surface area contributed by atoms with Crippen LogP contribution in [-0.4, -0.2) is 30.4 Å². The predicted molar refractivity (Wildman–Crippen MR) is 122 cm³/mol. The molecule has 0 fully saturated rings. The number of primary amides is 1. The molecule has 0 saturated heterocycles. The Morgan fingerprint density at radius 3 is 2.57 bits per heavy atom. The molecule has 5 rings (SSSR count). The smallest absolute Gasteiger partial charge is 0.432 e. The quantitative estimate of drug-likeness (QED) is 0.372. The number of imidazole rings is 2. The summed E-state index contributed by atoms with van der Waals surface area (Å²) < 4.78 is 46.4. The largest absolute Gasteiger partial charge is 0.457 e. The molecule has 176 valence electrons. The Bertz CT molecular complexity index is 1570. The van der Waals surface area contributed by atoms with Crippen LogP contribution in [0.4, 0.5) is 13.2 Å². The van der Waals surface area contributed by atoms with Gasteiger partial charge in [-0.15, -0.1) is 0 Å². The van der Waals surface area contributed by atoms with Gasteiger partial charge in [0.1, 0.15) is 28.7 Å². The molecule has 0 spiro atoms. The van der Waals surface area contributed by atoms with E-state index in [1.807, 2.05) is 17.7 Å². The van der Waals surface area contributed by atoms with Gasteiger partial charge in [0.25, 0.3) is 0 Å². The Morgan fingerprint density at radius 2 is 1.83 bits per heavy atom. The molecule has 3 heterocycles. The number of amides is 1. The van der Waals surface area contributed by atoms with E-state index in [-0.39, 0.29) is 11.5 Å². The highest BCUT2D eigenvalue weighted by Crippen LogP contribution is 2.32. The van der Waals surface area contributed by atoms with Crippen molar-refractivity contribution in [1.82, 2.24) is 24.5 Å². The zero-order chi connectivity index (χ0) is 24.7. The number of alkyl halides is 3. The number of aromatic amines is 1. The number of hydrogen-bond acceptors (Lipinski definition) is 5. The number of benzene rings is 2. The van der Waals surface area contributed by atoms with Crippen LogP contribution >= 0.6 is 0 Å². The van der Waals surface area contributed by atoms with Crippen molar-refractivity contribution >= 4 is 16.9 Å². The molecule has 3 N–H and O–H groups in total. The summed E-state index contributed by atoms with van der Waals surface area (Å²) in [5.41, 5.74) is 7.14. The lowest BCUT2D eigenvalue weighted by Gasteiger charge is -2.07. The van der Waals surface area contributed by atoms with E-state index in [9.17, 15) is 18.0 Å². The summed E-state index contributed by atoms with van der Waals surface area (Å²) >= 11 is 0. The molecule has 0 atom stereocenters. The summed E-state index contributed by atoms with van der Waals surface area (Å²) in [5, 5.41) is 0. The summed E-state index contributed by atoms with van der Waals surface area (Å²) in [5.74, 6) is 0.799. The first kappa shape index (κ1) is 22.1. The molecule has 0 aliphatic carbocycles. The maximum Gasteiger partial charge on any atom is 0.432 e. The van der Waals surface area contributed by atoms with Gasteiger partial charge in [-0.2, -0.15) is 13.2 Å². The number of fused-ring (bicyclic) bond motifs is 1. The number of carbonyl (C=O) groups is 1. The summed E-state index contributed by atoms with van der Waals surface area (Å²) in [6.45, 7) is 0. The zero-order valence-corrected chi connectivity index (χ0v) is 18.2. The average Bonchev–Trinajstić information content (AvgIpc) is 3.45. The van der Waals surface area contributed by atoms with Crippen molar-refractivity contribution in [3.05, 3.63) is 78.2 Å². The van der Waals surface area contributed by atoms with Crippen LogP contribution in [0.2, 0.25) is 0 Å². The van der Waals surface area contributed by atoms with Crippen molar-refractivity contribution < 1.29 is 22.7 Å². The maximum absolute atomic E-state index is 12.9. The molecule has 0 unspecified atom stereocenters. The molecule has 0 saturated carbocycles. The SMILES string of the molecule is Cn1c(-c2ccccc2C(N)=O)nc2cc(Oc3ccnc(-c4ncc(C(F)(F)F)[nH]4)c3)ccc21. The third-order valence-corrected chi connectivity index (χ3v) is 5.38. The van der Waals surface area contributed by atoms with E-state index >= 15 is 0 Å². The Morgan fingerprint density at radius 1 is 1.06 bits per heavy atom. The van der Waals surface area contributed by atoms with Crippen LogP contribution in [-0.2, 0) is 13.2 Å². The summed E-state index contributed by atoms with van der Waals surface area (Å²) in [4.78, 5) is 26.6. The minimum absolute atomic E-state index is 0.0271. The molecule has 0 aliphatic rings. The molecule has 11 heteroatoms. The third kappa shape index (κ3) is 4.19. The van der Waals surface area contributed by atoms with E-state index in [0.717, 1.165) is 5.52 Å². The number of aryl methyl sites for hydroxylation is 1. The number of hydrogen-bond donors (Lipinski definition) is 2. The first-order chi connectivity index (χ1) is 16.7. The number of pyridine rings is 1. The minimum atomic E-state index is -4.53. The number of halogens is 3. The van der Waals surface area contributed by atoms with Gasteiger partial charge >= 0.3 is 6.18 Å². The molecule has 1 amide bonds. The van der Waals surface area contributed by atoms with Crippen molar-refractivity contribution in [3.63, 3.8) is 0 Å². The molecule has 0 aliphatic heterocycles. The number of nitrogens with one attached hydrogen (secondary N) is 1. The third-order valence-electron chi connectivity index (χ3n) is 5.38. The van der Waals surface area contributed by atoms with Gasteiger partial charge in [-0.3, -0.25) is 9.78 Å². The number of nitrogens with two attached hydrogens (primary N) is 1. The Hall–Kier alpha value is -4.67. The van der Waals surface area contributed by atoms with Crippen LogP contribution in [0.3, 0.4) is 0 Å². The first-order valence-corrected chi connectivity index (χ1v) is 10.3. The lowest BCUT2D eigenvalue weighted by molar-refractivity contribution is -0.140. The zero-order valence-electron chi connectivity index (χ0n) is 18.2. The number of rotatable bonds is 5. The minimum Gasteiger partial charge on any atom is -0.457 e. The van der Waals surface area contributed by atoms with Crippen molar-refractivity contribution in [3.8, 4) is 34.4 Å². The topological polar surface area (TPSA) is 112 Å². The number of aromatic nitrogens is 5. The van der Waals surface area contributed by atoms with Crippen LogP contribution in [0.5, 0.6) is 11.5 Å². The first-order valence-electron chi connectivity index (χ1n) is 10.3. The van der Waals surface area contributed by atoms with E-state index in [1.54, 1.807) is 42.5 Å². The standard InChI is InChI=1S/C24H17F3N6O2/c1-33-19-7-6-13(10-17(19)31-23(33)16-5-3-2-4-15(16)21(28)34)35-14-8-9-29-18(11-14)22-30-12-20(32-22)24(25,26)27/h2-12H,1H3,(H2,28,34)(H,30,32). The highest BCUT2D eigenvalue weighted by atomic mass is 19.4. The lowest BCUT2D eigenvalue weighted by atomic mass is 10.1. The van der Waals surface area contributed by atoms with E-state index in [4.69, 9.17) is 10.5 Å². The molecular weight excluding hydrogens is 461 g/mol. The second-order valence-electron chi connectivity index (χ2n) is 7.68. The fourth-order valence-corrected chi connectivity index (χ4v) is 3.71. The molecule has 35 heavy (non-hydrogen) atoms. The van der Waals surface area contributed by atoms with Crippen LogP contribution in [0.25, 0.3) is 33.9 Å². The number of nitrogens with zero attached hydrogens (tertiary/aromatic N) is 4. The maximum atomic E-state index is 12.9. The summed E-state index contributed by atoms with van der Waals surface area (Å²) in [7, 11) is 1.83. The Kier molecular flexibility index (Phi) is 5.24. The van der Waals surface area contributed by atoms with Crippen molar-refractivity contribution in [2.75, 3.05) is 0 Å². The fraction of sp³-hybridized carbons (Fsp3) is 0.0833. The van der Waals surface area contributed by atoms with Crippen LogP contribution in [0.15, 0.2) is 67.0 Å². The van der Waals surface area contributed by atoms with Gasteiger partial charge in [0, 0.05) is 30.9 Å². The van der Waals surface area contributed by atoms with E-state index in [1.165, 1.54) is 12.3 Å². The van der Waals surface area contributed by atoms with Gasteiger partial charge in [-0.25, -0.2) is 9.97 Å². The molecule has 2 aromatic carbocycles. The number of ether oxygens (including phenoxy) is 1. The van der Waals surface area contributed by atoms with E-state index in [2.05, 4.69) is 19.9 Å². The highest BCUT2D eigenvalue weighted by Gasteiger charge is 2.33. The van der Waals surface area contributed by atoms with Gasteiger partial charge in [0.2, 0.25) is 5.91 Å². The molecule has 8 nitrogen and oxygen atoms in total. The Labute approximate surface area is 196 Å². The average molecular weight is 478 g/mol. The van der Waals surface area contributed by atoms with Crippen molar-refractivity contribution in [2.24, 2.45) is 12.8 Å². The van der Waals surface area contributed by atoms with Gasteiger partial charge in [-0.1, -0.05) is 18.2 Å².